The van der Waals surface area contributed by atoms with E-state index in [2.05, 4.69) is 12.1 Å². The van der Waals surface area contributed by atoms with Gasteiger partial charge in [-0.05, 0) is 73.1 Å². The lowest BCUT2D eigenvalue weighted by atomic mass is 10.0. The molecule has 0 unspecified atom stereocenters. The predicted molar refractivity (Wildman–Crippen MR) is 113 cm³/mol. The predicted octanol–water partition coefficient (Wildman–Crippen LogP) is 4.44. The molecule has 1 aliphatic heterocycles. The number of ether oxygens (including phenoxy) is 1. The van der Waals surface area contributed by atoms with Gasteiger partial charge < -0.3 is 14.1 Å². The fraction of sp³-hybridized carbons (Fsp3) is 0.360. The molecule has 5 nitrogen and oxygen atoms in total. The molecule has 30 heavy (non-hydrogen) atoms. The number of furan rings is 1. The van der Waals surface area contributed by atoms with Crippen molar-refractivity contribution in [3.63, 3.8) is 0 Å². The second-order valence-corrected chi connectivity index (χ2v) is 8.27. The topological polar surface area (TPSA) is 59.8 Å². The van der Waals surface area contributed by atoms with Crippen LogP contribution in [-0.4, -0.2) is 29.9 Å². The molecule has 154 valence electrons. The molecular formula is C25H25NO4. The van der Waals surface area contributed by atoms with Crippen LogP contribution in [0.2, 0.25) is 0 Å². The molecule has 0 bridgehead atoms. The fourth-order valence-corrected chi connectivity index (χ4v) is 4.50. The van der Waals surface area contributed by atoms with Crippen molar-refractivity contribution >= 4 is 22.8 Å². The Morgan fingerprint density at radius 3 is 2.47 bits per heavy atom. The molecule has 2 aromatic carbocycles. The van der Waals surface area contributed by atoms with Gasteiger partial charge in [0.25, 0.3) is 5.91 Å². The Morgan fingerprint density at radius 2 is 1.70 bits per heavy atom. The summed E-state index contributed by atoms with van der Waals surface area (Å²) in [4.78, 5) is 26.7. The van der Waals surface area contributed by atoms with Gasteiger partial charge in [-0.15, -0.1) is 0 Å². The minimum Gasteiger partial charge on any atom is -0.464 e. The molecule has 1 fully saturated rings. The number of esters is 1. The molecule has 2 heterocycles. The summed E-state index contributed by atoms with van der Waals surface area (Å²) in [7, 11) is 0. The van der Waals surface area contributed by atoms with Crippen molar-refractivity contribution in [2.24, 2.45) is 0 Å². The molecule has 0 spiro atoms. The summed E-state index contributed by atoms with van der Waals surface area (Å²) in [6.07, 6.45) is 7.39. The Balaban J connectivity index is 1.19. The van der Waals surface area contributed by atoms with Crippen molar-refractivity contribution in [2.45, 2.75) is 45.1 Å². The summed E-state index contributed by atoms with van der Waals surface area (Å²) >= 11 is 0. The van der Waals surface area contributed by atoms with Crippen LogP contribution in [0.4, 0.5) is 0 Å². The van der Waals surface area contributed by atoms with Crippen LogP contribution >= 0.6 is 0 Å². The Hall–Kier alpha value is -3.08. The molecule has 5 heteroatoms. The normalized spacial score (nSPS) is 15.5. The summed E-state index contributed by atoms with van der Waals surface area (Å²) < 4.78 is 11.1. The van der Waals surface area contributed by atoms with E-state index in [0.717, 1.165) is 60.9 Å². The average Bonchev–Trinajstić information content (AvgIpc) is 3.52. The first-order valence-electron chi connectivity index (χ1n) is 10.7. The highest BCUT2D eigenvalue weighted by atomic mass is 16.5. The maximum absolute atomic E-state index is 12.4. The van der Waals surface area contributed by atoms with Gasteiger partial charge in [-0.25, -0.2) is 0 Å². The molecule has 2 aliphatic rings. The highest BCUT2D eigenvalue weighted by Gasteiger charge is 2.20. The van der Waals surface area contributed by atoms with E-state index in [-0.39, 0.29) is 24.9 Å². The number of carbonyl (C=O) groups is 2. The standard InChI is InChI=1S/C25H25NO4/c27-24(14-21-16-29-23-13-20-5-3-4-19(20)12-22(21)23)30-15-17-6-8-18(9-7-17)25(28)26-10-1-2-11-26/h6-9,12-13,16H,1-5,10-11,14-15H2. The zero-order valence-corrected chi connectivity index (χ0v) is 17.0. The maximum atomic E-state index is 12.4. The number of aryl methyl sites for hydroxylation is 2. The number of hydrogen-bond donors (Lipinski definition) is 0. The number of rotatable bonds is 5. The molecule has 0 atom stereocenters. The van der Waals surface area contributed by atoms with E-state index < -0.39 is 0 Å². The van der Waals surface area contributed by atoms with Gasteiger partial charge in [-0.2, -0.15) is 0 Å². The second kappa shape index (κ2) is 7.98. The Bertz CT molecular complexity index is 1090. The van der Waals surface area contributed by atoms with E-state index in [1.54, 1.807) is 6.26 Å². The first-order valence-corrected chi connectivity index (χ1v) is 10.7. The number of benzene rings is 2. The van der Waals surface area contributed by atoms with E-state index in [1.165, 1.54) is 17.5 Å². The lowest BCUT2D eigenvalue weighted by molar-refractivity contribution is -0.144. The van der Waals surface area contributed by atoms with Crippen LogP contribution in [0.25, 0.3) is 11.0 Å². The van der Waals surface area contributed by atoms with Crippen LogP contribution in [0, 0.1) is 0 Å². The molecule has 0 saturated carbocycles. The van der Waals surface area contributed by atoms with Gasteiger partial charge in [0.15, 0.2) is 0 Å². The number of carbonyl (C=O) groups excluding carboxylic acids is 2. The molecule has 0 N–H and O–H groups in total. The van der Waals surface area contributed by atoms with Crippen LogP contribution in [-0.2, 0) is 35.4 Å². The van der Waals surface area contributed by atoms with Crippen molar-refractivity contribution < 1.29 is 18.7 Å². The highest BCUT2D eigenvalue weighted by Crippen LogP contribution is 2.30. The van der Waals surface area contributed by atoms with E-state index in [0.29, 0.717) is 5.56 Å². The zero-order chi connectivity index (χ0) is 20.5. The van der Waals surface area contributed by atoms with Crippen LogP contribution in [0.1, 0.15) is 51.9 Å². The first kappa shape index (κ1) is 18.9. The van der Waals surface area contributed by atoms with Crippen molar-refractivity contribution in [3.8, 4) is 0 Å². The van der Waals surface area contributed by atoms with Gasteiger partial charge in [0, 0.05) is 29.6 Å². The number of amides is 1. The molecule has 0 radical (unpaired) electrons. The van der Waals surface area contributed by atoms with Crippen LogP contribution < -0.4 is 0 Å². The largest absolute Gasteiger partial charge is 0.464 e. The van der Waals surface area contributed by atoms with Gasteiger partial charge in [-0.1, -0.05) is 12.1 Å². The summed E-state index contributed by atoms with van der Waals surface area (Å²) in [5.41, 5.74) is 5.99. The number of likely N-dealkylation sites (tertiary alicyclic amines) is 1. The number of hydrogen-bond acceptors (Lipinski definition) is 4. The quantitative estimate of drug-likeness (QED) is 0.591. The number of fused-ring (bicyclic) bond motifs is 2. The third-order valence-electron chi connectivity index (χ3n) is 6.20. The molecule has 1 amide bonds. The molecule has 1 aliphatic carbocycles. The van der Waals surface area contributed by atoms with Crippen LogP contribution in [0.15, 0.2) is 47.1 Å². The Kier molecular flexibility index (Phi) is 5.03. The minimum atomic E-state index is -0.282. The van der Waals surface area contributed by atoms with Crippen LogP contribution in [0.5, 0.6) is 0 Å². The average molecular weight is 403 g/mol. The van der Waals surface area contributed by atoms with Gasteiger partial charge in [0.2, 0.25) is 0 Å². The molecule has 1 aromatic heterocycles. The highest BCUT2D eigenvalue weighted by molar-refractivity contribution is 5.94. The fourth-order valence-electron chi connectivity index (χ4n) is 4.50. The second-order valence-electron chi connectivity index (χ2n) is 8.27. The molecular weight excluding hydrogens is 378 g/mol. The van der Waals surface area contributed by atoms with Gasteiger partial charge in [0.1, 0.15) is 12.2 Å². The smallest absolute Gasteiger partial charge is 0.310 e. The molecule has 3 aromatic rings. The maximum Gasteiger partial charge on any atom is 0.310 e. The van der Waals surface area contributed by atoms with E-state index in [1.807, 2.05) is 29.2 Å². The SMILES string of the molecule is O=C(Cc1coc2cc3c(cc12)CCC3)OCc1ccc(C(=O)N2CCCC2)cc1. The van der Waals surface area contributed by atoms with Gasteiger partial charge >= 0.3 is 5.97 Å². The van der Waals surface area contributed by atoms with Crippen LogP contribution in [0.3, 0.4) is 0 Å². The lowest BCUT2D eigenvalue weighted by Gasteiger charge is -2.15. The van der Waals surface area contributed by atoms with Gasteiger partial charge in [-0.3, -0.25) is 9.59 Å². The lowest BCUT2D eigenvalue weighted by Crippen LogP contribution is -2.27. The summed E-state index contributed by atoms with van der Waals surface area (Å²) in [6, 6.07) is 11.6. The summed E-state index contributed by atoms with van der Waals surface area (Å²) in [5.74, 6) is -0.204. The summed E-state index contributed by atoms with van der Waals surface area (Å²) in [6.45, 7) is 1.87. The van der Waals surface area contributed by atoms with E-state index in [4.69, 9.17) is 9.15 Å². The third-order valence-corrected chi connectivity index (χ3v) is 6.20. The zero-order valence-electron chi connectivity index (χ0n) is 17.0. The Morgan fingerprint density at radius 1 is 0.967 bits per heavy atom. The van der Waals surface area contributed by atoms with Crippen molar-refractivity contribution in [2.75, 3.05) is 13.1 Å². The Labute approximate surface area is 175 Å². The van der Waals surface area contributed by atoms with Crippen molar-refractivity contribution in [1.82, 2.24) is 4.90 Å². The van der Waals surface area contributed by atoms with E-state index >= 15 is 0 Å². The van der Waals surface area contributed by atoms with Crippen molar-refractivity contribution in [3.05, 3.63) is 70.5 Å². The minimum absolute atomic E-state index is 0.0781. The monoisotopic (exact) mass is 403 g/mol. The van der Waals surface area contributed by atoms with Gasteiger partial charge in [0.05, 0.1) is 12.7 Å². The summed E-state index contributed by atoms with van der Waals surface area (Å²) in [5, 5.41) is 1.01. The van der Waals surface area contributed by atoms with E-state index in [9.17, 15) is 9.59 Å². The molecule has 1 saturated heterocycles. The molecule has 5 rings (SSSR count). The first-order chi connectivity index (χ1) is 14.7. The third kappa shape index (κ3) is 3.72. The number of nitrogens with zero attached hydrogens (tertiary/aromatic N) is 1. The van der Waals surface area contributed by atoms with Crippen molar-refractivity contribution in [1.29, 1.82) is 0 Å².